The predicted molar refractivity (Wildman–Crippen MR) is 49.0 cm³/mol. The average molecular weight is 213 g/mol. The second-order valence-corrected chi connectivity index (χ2v) is 5.31. The van der Waals surface area contributed by atoms with Gasteiger partial charge < -0.3 is 5.32 Å². The van der Waals surface area contributed by atoms with E-state index in [9.17, 15) is 8.42 Å². The lowest BCUT2D eigenvalue weighted by Gasteiger charge is -2.16. The van der Waals surface area contributed by atoms with Crippen LogP contribution in [-0.2, 0) is 10.0 Å². The summed E-state index contributed by atoms with van der Waals surface area (Å²) in [5.41, 5.74) is 0.0127. The minimum atomic E-state index is -2.93. The highest BCUT2D eigenvalue weighted by molar-refractivity contribution is 7.89. The maximum atomic E-state index is 11.1. The molecule has 6 heteroatoms. The lowest BCUT2D eigenvalue weighted by molar-refractivity contribution is 0.396. The van der Waals surface area contributed by atoms with E-state index in [-0.39, 0.29) is 17.8 Å². The maximum absolute atomic E-state index is 11.1. The van der Waals surface area contributed by atoms with Crippen molar-refractivity contribution in [2.45, 2.75) is 6.42 Å². The molecule has 2 saturated heterocycles. The molecule has 2 fully saturated rings. The van der Waals surface area contributed by atoms with E-state index in [4.69, 9.17) is 0 Å². The third kappa shape index (κ3) is 1.74. The molecule has 2 N–H and O–H groups in total. The molecular weight excluding hydrogens is 200 g/mol. The summed E-state index contributed by atoms with van der Waals surface area (Å²) >= 11 is 0. The summed E-state index contributed by atoms with van der Waals surface area (Å²) in [6.45, 7) is 2.43. The first kappa shape index (κ1) is 10.2. The van der Waals surface area contributed by atoms with Crippen molar-refractivity contribution in [1.29, 1.82) is 0 Å². The summed E-state index contributed by atoms with van der Waals surface area (Å²) in [6.07, 6.45) is 0.985. The molecule has 1 unspecified atom stereocenters. The summed E-state index contributed by atoms with van der Waals surface area (Å²) in [5, 5.41) is 3.19. The van der Waals surface area contributed by atoms with Crippen molar-refractivity contribution in [2.75, 3.05) is 25.4 Å². The fraction of sp³-hybridized carbons (Fsp3) is 1.00. The van der Waals surface area contributed by atoms with Crippen molar-refractivity contribution >= 4 is 22.4 Å². The molecule has 2 heterocycles. The summed E-state index contributed by atoms with van der Waals surface area (Å²) < 4.78 is 24.7. The van der Waals surface area contributed by atoms with Gasteiger partial charge in [0.15, 0.2) is 0 Å². The third-order valence-electron chi connectivity index (χ3n) is 2.50. The SMILES string of the molecule is Cl.O=S1(=O)CC2(CCNC2)CN1. The molecule has 2 rings (SSSR count). The molecule has 12 heavy (non-hydrogen) atoms. The lowest BCUT2D eigenvalue weighted by atomic mass is 9.90. The molecule has 1 spiro atoms. The monoisotopic (exact) mass is 212 g/mol. The summed E-state index contributed by atoms with van der Waals surface area (Å²) in [6, 6.07) is 0. The van der Waals surface area contributed by atoms with Gasteiger partial charge in [0.2, 0.25) is 10.0 Å². The number of halogens is 1. The molecule has 4 nitrogen and oxygen atoms in total. The van der Waals surface area contributed by atoms with Gasteiger partial charge in [-0.1, -0.05) is 0 Å². The van der Waals surface area contributed by atoms with E-state index < -0.39 is 10.0 Å². The molecular formula is C6H13ClN2O2S. The van der Waals surface area contributed by atoms with Crippen LogP contribution in [0.25, 0.3) is 0 Å². The fourth-order valence-electron chi connectivity index (χ4n) is 1.84. The number of hydrogen-bond acceptors (Lipinski definition) is 3. The van der Waals surface area contributed by atoms with Gasteiger partial charge in [0, 0.05) is 18.5 Å². The molecule has 0 aromatic heterocycles. The van der Waals surface area contributed by atoms with Crippen molar-refractivity contribution in [3.8, 4) is 0 Å². The first-order valence-electron chi connectivity index (χ1n) is 3.80. The quantitative estimate of drug-likeness (QED) is 0.560. The van der Waals surface area contributed by atoms with Crippen LogP contribution in [0.4, 0.5) is 0 Å². The third-order valence-corrected chi connectivity index (χ3v) is 4.07. The van der Waals surface area contributed by atoms with E-state index in [1.807, 2.05) is 0 Å². The molecule has 2 aliphatic rings. The highest BCUT2D eigenvalue weighted by Gasteiger charge is 2.43. The highest BCUT2D eigenvalue weighted by atomic mass is 35.5. The Kier molecular flexibility index (Phi) is 2.68. The van der Waals surface area contributed by atoms with Gasteiger partial charge in [-0.05, 0) is 13.0 Å². The lowest BCUT2D eigenvalue weighted by Crippen LogP contribution is -2.28. The number of hydrogen-bond donors (Lipinski definition) is 2. The van der Waals surface area contributed by atoms with Crippen LogP contribution in [0.1, 0.15) is 6.42 Å². The van der Waals surface area contributed by atoms with E-state index in [0.29, 0.717) is 12.3 Å². The van der Waals surface area contributed by atoms with Crippen LogP contribution in [0, 0.1) is 5.41 Å². The van der Waals surface area contributed by atoms with Crippen LogP contribution < -0.4 is 10.0 Å². The Morgan fingerprint density at radius 3 is 2.42 bits per heavy atom. The summed E-state index contributed by atoms with van der Waals surface area (Å²) in [7, 11) is -2.93. The second kappa shape index (κ2) is 3.14. The Morgan fingerprint density at radius 2 is 2.00 bits per heavy atom. The molecule has 0 saturated carbocycles. The molecule has 0 radical (unpaired) electrons. The highest BCUT2D eigenvalue weighted by Crippen LogP contribution is 2.30. The predicted octanol–water partition coefficient (Wildman–Crippen LogP) is -0.679. The number of rotatable bonds is 0. The topological polar surface area (TPSA) is 58.2 Å². The first-order valence-corrected chi connectivity index (χ1v) is 5.45. The zero-order chi connectivity index (χ0) is 7.95. The van der Waals surface area contributed by atoms with E-state index in [0.717, 1.165) is 19.5 Å². The van der Waals surface area contributed by atoms with E-state index in [2.05, 4.69) is 10.0 Å². The molecule has 1 atom stereocenters. The Bertz CT molecular complexity index is 259. The minimum Gasteiger partial charge on any atom is -0.316 e. The smallest absolute Gasteiger partial charge is 0.212 e. The van der Waals surface area contributed by atoms with E-state index in [1.165, 1.54) is 0 Å². The second-order valence-electron chi connectivity index (χ2n) is 3.51. The Morgan fingerprint density at radius 1 is 1.25 bits per heavy atom. The van der Waals surface area contributed by atoms with E-state index >= 15 is 0 Å². The van der Waals surface area contributed by atoms with Crippen LogP contribution in [-0.4, -0.2) is 33.8 Å². The normalized spacial score (nSPS) is 38.3. The van der Waals surface area contributed by atoms with Crippen LogP contribution >= 0.6 is 12.4 Å². The first-order chi connectivity index (χ1) is 5.12. The van der Waals surface area contributed by atoms with Crippen molar-refractivity contribution < 1.29 is 8.42 Å². The molecule has 0 aromatic carbocycles. The Hall–Kier alpha value is 0.160. The van der Waals surface area contributed by atoms with Crippen molar-refractivity contribution in [1.82, 2.24) is 10.0 Å². The Labute approximate surface area is 78.6 Å². The van der Waals surface area contributed by atoms with Crippen LogP contribution in [0.2, 0.25) is 0 Å². The van der Waals surface area contributed by atoms with Gasteiger partial charge >= 0.3 is 0 Å². The Balaban J connectivity index is 0.000000720. The average Bonchev–Trinajstić information content (AvgIpc) is 2.43. The number of nitrogens with one attached hydrogen (secondary N) is 2. The molecule has 0 aliphatic carbocycles. The standard InChI is InChI=1S/C6H12N2O2S.ClH/c9-11(10)5-6(4-8-11)1-2-7-3-6;/h7-8H,1-5H2;1H. The molecule has 2 aliphatic heterocycles. The zero-order valence-corrected chi connectivity index (χ0v) is 8.30. The maximum Gasteiger partial charge on any atom is 0.212 e. The van der Waals surface area contributed by atoms with Crippen molar-refractivity contribution in [2.24, 2.45) is 5.41 Å². The molecule has 0 aromatic rings. The summed E-state index contributed by atoms with van der Waals surface area (Å²) in [4.78, 5) is 0. The van der Waals surface area contributed by atoms with Crippen LogP contribution in [0.15, 0.2) is 0 Å². The van der Waals surface area contributed by atoms with Gasteiger partial charge in [-0.3, -0.25) is 0 Å². The van der Waals surface area contributed by atoms with E-state index in [1.54, 1.807) is 0 Å². The molecule has 0 amide bonds. The van der Waals surface area contributed by atoms with Gasteiger partial charge in [0.25, 0.3) is 0 Å². The van der Waals surface area contributed by atoms with Gasteiger partial charge in [-0.25, -0.2) is 13.1 Å². The number of sulfonamides is 1. The largest absolute Gasteiger partial charge is 0.316 e. The van der Waals surface area contributed by atoms with Crippen LogP contribution in [0.5, 0.6) is 0 Å². The van der Waals surface area contributed by atoms with Crippen molar-refractivity contribution in [3.63, 3.8) is 0 Å². The summed E-state index contributed by atoms with van der Waals surface area (Å²) in [5.74, 6) is 0.312. The molecule has 72 valence electrons. The van der Waals surface area contributed by atoms with Gasteiger partial charge in [0.1, 0.15) is 0 Å². The van der Waals surface area contributed by atoms with Crippen LogP contribution in [0.3, 0.4) is 0 Å². The van der Waals surface area contributed by atoms with Gasteiger partial charge in [-0.2, -0.15) is 0 Å². The van der Waals surface area contributed by atoms with Crippen molar-refractivity contribution in [3.05, 3.63) is 0 Å². The zero-order valence-electron chi connectivity index (χ0n) is 6.67. The minimum absolute atomic E-state index is 0. The fourth-order valence-corrected chi connectivity index (χ4v) is 3.62. The molecule has 0 bridgehead atoms. The van der Waals surface area contributed by atoms with Gasteiger partial charge in [-0.15, -0.1) is 12.4 Å². The van der Waals surface area contributed by atoms with Gasteiger partial charge in [0.05, 0.1) is 5.75 Å².